The summed E-state index contributed by atoms with van der Waals surface area (Å²) in [5, 5.41) is 16.6. The molecule has 0 aliphatic rings. The molecule has 3 aromatic rings. The fraction of sp³-hybridized carbons (Fsp3) is 0.429. The zero-order chi connectivity index (χ0) is 21.7. The van der Waals surface area contributed by atoms with E-state index in [9.17, 15) is 4.79 Å². The standard InChI is InChI=1S/C21H27N7O2/c1-4-7-16-14(2)26-28-18(22)17(23-3)19(25-20(16)28)24-10-9-15-8-5-11-27(21(15)30)12-6-13-29/h5,8,11,29H,4,6-7,9-10,12-13,22H2,1-2H3,(H,24,25). The van der Waals surface area contributed by atoms with Crippen LogP contribution in [-0.2, 0) is 19.4 Å². The molecule has 0 aliphatic heterocycles. The monoisotopic (exact) mass is 409 g/mol. The summed E-state index contributed by atoms with van der Waals surface area (Å²) in [6.07, 6.45) is 4.51. The van der Waals surface area contributed by atoms with Crippen LogP contribution in [0.4, 0.5) is 17.3 Å². The van der Waals surface area contributed by atoms with E-state index in [1.54, 1.807) is 16.8 Å². The third-order valence-corrected chi connectivity index (χ3v) is 5.02. The van der Waals surface area contributed by atoms with Crippen molar-refractivity contribution in [2.24, 2.45) is 0 Å². The van der Waals surface area contributed by atoms with E-state index in [0.717, 1.165) is 24.1 Å². The zero-order valence-corrected chi connectivity index (χ0v) is 17.4. The van der Waals surface area contributed by atoms with Crippen molar-refractivity contribution in [1.82, 2.24) is 19.2 Å². The Kier molecular flexibility index (Phi) is 6.69. The number of nitrogen functional groups attached to an aromatic ring is 1. The van der Waals surface area contributed by atoms with Gasteiger partial charge in [0.2, 0.25) is 0 Å². The number of nitrogens with two attached hydrogens (primary N) is 1. The SMILES string of the molecule is [C-]#[N+]c1c(NCCc2cccn(CCCO)c2=O)nc2c(CCC)c(C)nn2c1N. The van der Waals surface area contributed by atoms with Crippen molar-refractivity contribution in [3.05, 3.63) is 56.9 Å². The lowest BCUT2D eigenvalue weighted by atomic mass is 10.1. The van der Waals surface area contributed by atoms with Crippen LogP contribution in [0.1, 0.15) is 36.6 Å². The molecule has 3 aromatic heterocycles. The van der Waals surface area contributed by atoms with Gasteiger partial charge in [-0.15, -0.1) is 0 Å². The highest BCUT2D eigenvalue weighted by molar-refractivity contribution is 5.80. The number of fused-ring (bicyclic) bond motifs is 1. The smallest absolute Gasteiger partial charge is 0.268 e. The van der Waals surface area contributed by atoms with Crippen molar-refractivity contribution in [3.8, 4) is 0 Å². The summed E-state index contributed by atoms with van der Waals surface area (Å²) in [5.41, 5.74) is 9.57. The average molecular weight is 409 g/mol. The van der Waals surface area contributed by atoms with Gasteiger partial charge in [-0.3, -0.25) is 4.79 Å². The molecular formula is C21H27N7O2. The number of aryl methyl sites for hydroxylation is 3. The van der Waals surface area contributed by atoms with Crippen LogP contribution in [0.15, 0.2) is 23.1 Å². The molecule has 0 bridgehead atoms. The van der Waals surface area contributed by atoms with Gasteiger partial charge in [-0.1, -0.05) is 19.4 Å². The Morgan fingerprint density at radius 2 is 2.17 bits per heavy atom. The zero-order valence-electron chi connectivity index (χ0n) is 17.4. The lowest BCUT2D eigenvalue weighted by molar-refractivity contribution is 0.279. The third-order valence-electron chi connectivity index (χ3n) is 5.02. The van der Waals surface area contributed by atoms with E-state index < -0.39 is 0 Å². The number of rotatable bonds is 9. The Morgan fingerprint density at radius 3 is 2.87 bits per heavy atom. The number of aliphatic hydroxyl groups excluding tert-OH is 1. The van der Waals surface area contributed by atoms with Crippen molar-refractivity contribution in [3.63, 3.8) is 0 Å². The van der Waals surface area contributed by atoms with Gasteiger partial charge < -0.3 is 20.7 Å². The van der Waals surface area contributed by atoms with Crippen molar-refractivity contribution >= 4 is 23.0 Å². The minimum Gasteiger partial charge on any atom is -0.396 e. The van der Waals surface area contributed by atoms with Crippen LogP contribution < -0.4 is 16.6 Å². The van der Waals surface area contributed by atoms with Crippen LogP contribution in [0.25, 0.3) is 10.5 Å². The number of aliphatic hydroxyl groups is 1. The number of aromatic nitrogens is 4. The normalized spacial score (nSPS) is 11.0. The van der Waals surface area contributed by atoms with Crippen LogP contribution in [0.5, 0.6) is 0 Å². The molecule has 0 spiro atoms. The van der Waals surface area contributed by atoms with Crippen LogP contribution in [0.3, 0.4) is 0 Å². The third kappa shape index (κ3) is 4.14. The quantitative estimate of drug-likeness (QED) is 0.467. The van der Waals surface area contributed by atoms with E-state index in [1.165, 1.54) is 4.52 Å². The highest BCUT2D eigenvalue weighted by atomic mass is 16.3. The molecule has 3 heterocycles. The van der Waals surface area contributed by atoms with Gasteiger partial charge in [0.25, 0.3) is 11.2 Å². The van der Waals surface area contributed by atoms with Crippen LogP contribution in [0, 0.1) is 13.5 Å². The maximum absolute atomic E-state index is 12.5. The lowest BCUT2D eigenvalue weighted by Crippen LogP contribution is -2.25. The molecule has 0 saturated carbocycles. The maximum atomic E-state index is 12.5. The predicted octanol–water partition coefficient (Wildman–Crippen LogP) is 2.32. The summed E-state index contributed by atoms with van der Waals surface area (Å²) in [5.74, 6) is 0.665. The van der Waals surface area contributed by atoms with E-state index in [1.807, 2.05) is 13.0 Å². The Morgan fingerprint density at radius 1 is 1.37 bits per heavy atom. The molecule has 0 saturated heterocycles. The van der Waals surface area contributed by atoms with E-state index in [0.29, 0.717) is 43.0 Å². The van der Waals surface area contributed by atoms with Crippen molar-refractivity contribution < 1.29 is 5.11 Å². The molecule has 3 rings (SSSR count). The summed E-state index contributed by atoms with van der Waals surface area (Å²) in [4.78, 5) is 20.7. The Hall–Kier alpha value is -3.38. The minimum absolute atomic E-state index is 0.0429. The molecule has 9 nitrogen and oxygen atoms in total. The molecular weight excluding hydrogens is 382 g/mol. The molecule has 0 unspecified atom stereocenters. The van der Waals surface area contributed by atoms with Gasteiger partial charge in [-0.2, -0.15) is 5.10 Å². The highest BCUT2D eigenvalue weighted by Crippen LogP contribution is 2.32. The number of nitrogens with one attached hydrogen (secondary N) is 1. The van der Waals surface area contributed by atoms with Crippen LogP contribution in [0.2, 0.25) is 0 Å². The summed E-state index contributed by atoms with van der Waals surface area (Å²) in [6, 6.07) is 3.62. The summed E-state index contributed by atoms with van der Waals surface area (Å²) >= 11 is 0. The fourth-order valence-electron chi connectivity index (χ4n) is 3.50. The predicted molar refractivity (Wildman–Crippen MR) is 117 cm³/mol. The summed E-state index contributed by atoms with van der Waals surface area (Å²) in [7, 11) is 0. The summed E-state index contributed by atoms with van der Waals surface area (Å²) in [6.45, 7) is 12.5. The number of pyridine rings is 1. The second-order valence-corrected chi connectivity index (χ2v) is 7.14. The van der Waals surface area contributed by atoms with Gasteiger partial charge in [-0.05, 0) is 32.3 Å². The number of hydrogen-bond donors (Lipinski definition) is 3. The lowest BCUT2D eigenvalue weighted by Gasteiger charge is -2.12. The molecule has 0 amide bonds. The molecule has 158 valence electrons. The fourth-order valence-corrected chi connectivity index (χ4v) is 3.50. The first-order valence-electron chi connectivity index (χ1n) is 10.1. The Labute approximate surface area is 175 Å². The highest BCUT2D eigenvalue weighted by Gasteiger charge is 2.18. The van der Waals surface area contributed by atoms with Gasteiger partial charge in [0, 0.05) is 37.0 Å². The molecule has 9 heteroatoms. The molecule has 30 heavy (non-hydrogen) atoms. The van der Waals surface area contributed by atoms with Crippen LogP contribution in [-0.4, -0.2) is 37.4 Å². The van der Waals surface area contributed by atoms with E-state index >= 15 is 0 Å². The van der Waals surface area contributed by atoms with E-state index in [4.69, 9.17) is 17.4 Å². The first kappa shape index (κ1) is 21.3. The average Bonchev–Trinajstić information content (AvgIpc) is 3.05. The largest absolute Gasteiger partial charge is 0.396 e. The van der Waals surface area contributed by atoms with Gasteiger partial charge in [-0.25, -0.2) is 14.3 Å². The van der Waals surface area contributed by atoms with E-state index in [2.05, 4.69) is 27.2 Å². The molecule has 0 atom stereocenters. The topological polar surface area (TPSA) is 115 Å². The maximum Gasteiger partial charge on any atom is 0.268 e. The number of nitrogens with zero attached hydrogens (tertiary/aromatic N) is 5. The summed E-state index contributed by atoms with van der Waals surface area (Å²) < 4.78 is 3.14. The molecule has 0 radical (unpaired) electrons. The van der Waals surface area contributed by atoms with Gasteiger partial charge >= 0.3 is 0 Å². The first-order chi connectivity index (χ1) is 14.5. The van der Waals surface area contributed by atoms with E-state index in [-0.39, 0.29) is 23.7 Å². The minimum atomic E-state index is -0.0716. The van der Waals surface area contributed by atoms with Crippen molar-refractivity contribution in [2.45, 2.75) is 46.1 Å². The van der Waals surface area contributed by atoms with Crippen molar-refractivity contribution in [1.29, 1.82) is 0 Å². The molecule has 0 fully saturated rings. The Balaban J connectivity index is 1.85. The van der Waals surface area contributed by atoms with Crippen LogP contribution >= 0.6 is 0 Å². The number of hydrogen-bond acceptors (Lipinski definition) is 6. The first-order valence-corrected chi connectivity index (χ1v) is 10.1. The second kappa shape index (κ2) is 9.41. The van der Waals surface area contributed by atoms with Crippen molar-refractivity contribution in [2.75, 3.05) is 24.2 Å². The molecule has 4 N–H and O–H groups in total. The number of anilines is 2. The molecule has 0 aliphatic carbocycles. The Bertz CT molecular complexity index is 1140. The van der Waals surface area contributed by atoms with Gasteiger partial charge in [0.15, 0.2) is 5.65 Å². The molecule has 0 aromatic carbocycles. The second-order valence-electron chi connectivity index (χ2n) is 7.14. The van der Waals surface area contributed by atoms with Gasteiger partial charge in [0.05, 0.1) is 12.3 Å². The van der Waals surface area contributed by atoms with Gasteiger partial charge in [0.1, 0.15) is 11.6 Å².